The van der Waals surface area contributed by atoms with E-state index >= 15 is 0 Å². The summed E-state index contributed by atoms with van der Waals surface area (Å²) < 4.78 is 10.3. The van der Waals surface area contributed by atoms with Crippen molar-refractivity contribution in [3.8, 4) is 0 Å². The SMILES string of the molecule is COCOCC(Cc1ccccc1)NC(=O)c1ccccc1. The molecular formula is C18H21NO3. The summed E-state index contributed by atoms with van der Waals surface area (Å²) in [6.45, 7) is 0.619. The van der Waals surface area contributed by atoms with Gasteiger partial charge in [-0.1, -0.05) is 48.5 Å². The fourth-order valence-electron chi connectivity index (χ4n) is 2.18. The number of methoxy groups -OCH3 is 1. The number of hydrogen-bond acceptors (Lipinski definition) is 3. The van der Waals surface area contributed by atoms with Crippen LogP contribution in [0.2, 0.25) is 0 Å². The number of rotatable bonds is 8. The molecule has 0 aliphatic rings. The monoisotopic (exact) mass is 299 g/mol. The molecule has 0 bridgehead atoms. The fraction of sp³-hybridized carbons (Fsp3) is 0.278. The fourth-order valence-corrected chi connectivity index (χ4v) is 2.18. The van der Waals surface area contributed by atoms with E-state index in [0.29, 0.717) is 18.6 Å². The predicted molar refractivity (Wildman–Crippen MR) is 85.7 cm³/mol. The van der Waals surface area contributed by atoms with E-state index in [-0.39, 0.29) is 18.7 Å². The molecule has 0 aliphatic heterocycles. The molecule has 4 heteroatoms. The highest BCUT2D eigenvalue weighted by molar-refractivity contribution is 5.94. The molecule has 2 aromatic carbocycles. The predicted octanol–water partition coefficient (Wildman–Crippen LogP) is 2.65. The van der Waals surface area contributed by atoms with E-state index in [9.17, 15) is 4.79 Å². The van der Waals surface area contributed by atoms with Gasteiger partial charge in [-0.25, -0.2) is 0 Å². The zero-order chi connectivity index (χ0) is 15.6. The largest absolute Gasteiger partial charge is 0.359 e. The molecule has 1 N–H and O–H groups in total. The van der Waals surface area contributed by atoms with Crippen LogP contribution in [0, 0.1) is 0 Å². The zero-order valence-corrected chi connectivity index (χ0v) is 12.7. The zero-order valence-electron chi connectivity index (χ0n) is 12.7. The summed E-state index contributed by atoms with van der Waals surface area (Å²) in [5.74, 6) is -0.0949. The number of nitrogens with one attached hydrogen (secondary N) is 1. The van der Waals surface area contributed by atoms with Crippen LogP contribution in [0.25, 0.3) is 0 Å². The van der Waals surface area contributed by atoms with Crippen molar-refractivity contribution in [2.75, 3.05) is 20.5 Å². The van der Waals surface area contributed by atoms with Gasteiger partial charge in [0.15, 0.2) is 0 Å². The molecule has 4 nitrogen and oxygen atoms in total. The first-order valence-electron chi connectivity index (χ1n) is 7.26. The number of ether oxygens (including phenoxy) is 2. The molecule has 0 radical (unpaired) electrons. The van der Waals surface area contributed by atoms with Gasteiger partial charge in [0.25, 0.3) is 5.91 Å². The van der Waals surface area contributed by atoms with Gasteiger partial charge in [0.2, 0.25) is 0 Å². The molecule has 116 valence electrons. The molecule has 1 amide bonds. The standard InChI is InChI=1S/C18H21NO3/c1-21-14-22-13-17(12-15-8-4-2-5-9-15)19-18(20)16-10-6-3-7-11-16/h2-11,17H,12-14H2,1H3,(H,19,20). The quantitative estimate of drug-likeness (QED) is 0.602. The lowest BCUT2D eigenvalue weighted by molar-refractivity contribution is -0.0373. The van der Waals surface area contributed by atoms with Crippen LogP contribution in [0.4, 0.5) is 0 Å². The molecule has 2 rings (SSSR count). The Hall–Kier alpha value is -2.17. The molecular weight excluding hydrogens is 278 g/mol. The Kier molecular flexibility index (Phi) is 6.61. The van der Waals surface area contributed by atoms with Gasteiger partial charge in [0.1, 0.15) is 6.79 Å². The summed E-state index contributed by atoms with van der Waals surface area (Å²) in [6, 6.07) is 19.1. The first kappa shape index (κ1) is 16.2. The summed E-state index contributed by atoms with van der Waals surface area (Å²) in [4.78, 5) is 12.3. The summed E-state index contributed by atoms with van der Waals surface area (Å²) >= 11 is 0. The van der Waals surface area contributed by atoms with E-state index in [4.69, 9.17) is 9.47 Å². The Morgan fingerprint density at radius 1 is 1.05 bits per heavy atom. The Bertz CT molecular complexity index is 557. The van der Waals surface area contributed by atoms with E-state index < -0.39 is 0 Å². The van der Waals surface area contributed by atoms with E-state index in [1.807, 2.05) is 48.5 Å². The highest BCUT2D eigenvalue weighted by atomic mass is 16.7. The van der Waals surface area contributed by atoms with Crippen LogP contribution in [0.15, 0.2) is 60.7 Å². The van der Waals surface area contributed by atoms with E-state index in [1.54, 1.807) is 19.2 Å². The first-order chi connectivity index (χ1) is 10.8. The third kappa shape index (κ3) is 5.31. The van der Waals surface area contributed by atoms with E-state index in [0.717, 1.165) is 5.56 Å². The second-order valence-electron chi connectivity index (χ2n) is 5.00. The highest BCUT2D eigenvalue weighted by Crippen LogP contribution is 2.06. The Balaban J connectivity index is 1.99. The van der Waals surface area contributed by atoms with Crippen LogP contribution in [-0.4, -0.2) is 32.5 Å². The van der Waals surface area contributed by atoms with E-state index in [1.165, 1.54) is 0 Å². The maximum Gasteiger partial charge on any atom is 0.251 e. The molecule has 1 unspecified atom stereocenters. The maximum atomic E-state index is 12.3. The average molecular weight is 299 g/mol. The third-order valence-electron chi connectivity index (χ3n) is 3.22. The Morgan fingerprint density at radius 2 is 1.68 bits per heavy atom. The van der Waals surface area contributed by atoms with Gasteiger partial charge >= 0.3 is 0 Å². The second-order valence-corrected chi connectivity index (χ2v) is 5.00. The lowest BCUT2D eigenvalue weighted by Crippen LogP contribution is -2.40. The van der Waals surface area contributed by atoms with Crippen LogP contribution in [0.1, 0.15) is 15.9 Å². The van der Waals surface area contributed by atoms with Crippen molar-refractivity contribution in [2.45, 2.75) is 12.5 Å². The van der Waals surface area contributed by atoms with Crippen molar-refractivity contribution in [2.24, 2.45) is 0 Å². The molecule has 0 fully saturated rings. The lowest BCUT2D eigenvalue weighted by atomic mass is 10.1. The number of carbonyl (C=O) groups is 1. The second kappa shape index (κ2) is 8.97. The molecule has 22 heavy (non-hydrogen) atoms. The van der Waals surface area contributed by atoms with Crippen LogP contribution < -0.4 is 5.32 Å². The number of benzene rings is 2. The van der Waals surface area contributed by atoms with Gasteiger partial charge in [0, 0.05) is 12.7 Å². The van der Waals surface area contributed by atoms with Gasteiger partial charge in [-0.05, 0) is 24.1 Å². The molecule has 0 saturated carbocycles. The average Bonchev–Trinajstić information content (AvgIpc) is 2.56. The van der Waals surface area contributed by atoms with Crippen molar-refractivity contribution in [1.29, 1.82) is 0 Å². The van der Waals surface area contributed by atoms with Crippen molar-refractivity contribution in [1.82, 2.24) is 5.32 Å². The van der Waals surface area contributed by atoms with Gasteiger partial charge in [0.05, 0.1) is 12.6 Å². The molecule has 0 heterocycles. The number of amides is 1. The molecule has 0 aliphatic carbocycles. The minimum absolute atomic E-state index is 0.0949. The Morgan fingerprint density at radius 3 is 2.32 bits per heavy atom. The summed E-state index contributed by atoms with van der Waals surface area (Å²) in [6.07, 6.45) is 0.711. The van der Waals surface area contributed by atoms with E-state index in [2.05, 4.69) is 5.32 Å². The van der Waals surface area contributed by atoms with Crippen molar-refractivity contribution in [3.05, 3.63) is 71.8 Å². The molecule has 0 aromatic heterocycles. The Labute approximate surface area is 131 Å². The van der Waals surface area contributed by atoms with Gasteiger partial charge in [-0.2, -0.15) is 0 Å². The van der Waals surface area contributed by atoms with Crippen LogP contribution in [0.5, 0.6) is 0 Å². The van der Waals surface area contributed by atoms with Crippen LogP contribution in [-0.2, 0) is 15.9 Å². The number of hydrogen-bond donors (Lipinski definition) is 1. The molecule has 1 atom stereocenters. The van der Waals surface area contributed by atoms with Gasteiger partial charge in [-0.15, -0.1) is 0 Å². The summed E-state index contributed by atoms with van der Waals surface area (Å²) in [5, 5.41) is 3.02. The summed E-state index contributed by atoms with van der Waals surface area (Å²) in [5.41, 5.74) is 1.80. The van der Waals surface area contributed by atoms with Crippen molar-refractivity contribution < 1.29 is 14.3 Å². The minimum atomic E-state index is -0.106. The van der Waals surface area contributed by atoms with Gasteiger partial charge in [-0.3, -0.25) is 4.79 Å². The molecule has 2 aromatic rings. The topological polar surface area (TPSA) is 47.6 Å². The summed E-state index contributed by atoms with van der Waals surface area (Å²) in [7, 11) is 1.58. The maximum absolute atomic E-state index is 12.3. The lowest BCUT2D eigenvalue weighted by Gasteiger charge is -2.19. The van der Waals surface area contributed by atoms with Gasteiger partial charge < -0.3 is 14.8 Å². The number of carbonyl (C=O) groups excluding carboxylic acids is 1. The first-order valence-corrected chi connectivity index (χ1v) is 7.26. The van der Waals surface area contributed by atoms with Crippen LogP contribution >= 0.6 is 0 Å². The minimum Gasteiger partial charge on any atom is -0.359 e. The molecule has 0 saturated heterocycles. The third-order valence-corrected chi connectivity index (χ3v) is 3.22. The molecule has 0 spiro atoms. The highest BCUT2D eigenvalue weighted by Gasteiger charge is 2.14. The normalized spacial score (nSPS) is 11.9. The van der Waals surface area contributed by atoms with Crippen molar-refractivity contribution in [3.63, 3.8) is 0 Å². The smallest absolute Gasteiger partial charge is 0.251 e. The van der Waals surface area contributed by atoms with Crippen LogP contribution in [0.3, 0.4) is 0 Å². The van der Waals surface area contributed by atoms with Crippen molar-refractivity contribution >= 4 is 5.91 Å².